The summed E-state index contributed by atoms with van der Waals surface area (Å²) in [4.78, 5) is 11.5. The number of hydrogen-bond donors (Lipinski definition) is 1. The number of ether oxygens (including phenoxy) is 1. The number of carbonyl (C=O) groups is 1. The Morgan fingerprint density at radius 2 is 1.65 bits per heavy atom. The molecule has 0 unspecified atom stereocenters. The molecule has 0 saturated carbocycles. The van der Waals surface area contributed by atoms with E-state index in [4.69, 9.17) is 4.74 Å². The first-order chi connectivity index (χ1) is 9.79. The molecule has 0 amide bonds. The molecule has 0 fully saturated rings. The van der Waals surface area contributed by atoms with Gasteiger partial charge in [-0.3, -0.25) is 4.79 Å². The van der Waals surface area contributed by atoms with Gasteiger partial charge in [0.1, 0.15) is 0 Å². The van der Waals surface area contributed by atoms with E-state index in [-0.39, 0.29) is 12.0 Å². The van der Waals surface area contributed by atoms with Crippen molar-refractivity contribution in [3.63, 3.8) is 0 Å². The van der Waals surface area contributed by atoms with Crippen LogP contribution in [0.4, 0.5) is 0 Å². The molecule has 1 atom stereocenters. The summed E-state index contributed by atoms with van der Waals surface area (Å²) in [5, 5.41) is 3.42. The molecular formula is C17H19NO2. The van der Waals surface area contributed by atoms with Crippen molar-refractivity contribution in [1.82, 2.24) is 5.32 Å². The lowest BCUT2D eigenvalue weighted by molar-refractivity contribution is -0.141. The number of esters is 1. The number of rotatable bonds is 6. The van der Waals surface area contributed by atoms with Gasteiger partial charge in [-0.25, -0.2) is 0 Å². The fourth-order valence-electron chi connectivity index (χ4n) is 2.08. The quantitative estimate of drug-likeness (QED) is 0.819. The van der Waals surface area contributed by atoms with Gasteiger partial charge < -0.3 is 10.1 Å². The van der Waals surface area contributed by atoms with Crippen LogP contribution in [0.25, 0.3) is 0 Å². The Bertz CT molecular complexity index is 525. The maximum atomic E-state index is 11.5. The third-order valence-corrected chi connectivity index (χ3v) is 3.20. The van der Waals surface area contributed by atoms with E-state index in [0.29, 0.717) is 6.42 Å². The van der Waals surface area contributed by atoms with Gasteiger partial charge in [-0.1, -0.05) is 60.7 Å². The third kappa shape index (κ3) is 4.21. The molecule has 2 rings (SSSR count). The molecule has 0 aliphatic rings. The van der Waals surface area contributed by atoms with Crippen molar-refractivity contribution in [1.29, 1.82) is 0 Å². The van der Waals surface area contributed by atoms with Crippen LogP contribution in [0, 0.1) is 0 Å². The van der Waals surface area contributed by atoms with E-state index in [2.05, 4.69) is 17.4 Å². The van der Waals surface area contributed by atoms with Gasteiger partial charge in [0, 0.05) is 12.6 Å². The highest BCUT2D eigenvalue weighted by Crippen LogP contribution is 2.17. The summed E-state index contributed by atoms with van der Waals surface area (Å²) in [5.41, 5.74) is 2.28. The van der Waals surface area contributed by atoms with Crippen molar-refractivity contribution in [3.05, 3.63) is 71.8 Å². The van der Waals surface area contributed by atoms with Gasteiger partial charge in [-0.2, -0.15) is 0 Å². The van der Waals surface area contributed by atoms with Gasteiger partial charge in [0.2, 0.25) is 0 Å². The summed E-state index contributed by atoms with van der Waals surface area (Å²) in [6, 6.07) is 20.1. The van der Waals surface area contributed by atoms with Crippen molar-refractivity contribution >= 4 is 5.97 Å². The van der Waals surface area contributed by atoms with E-state index in [9.17, 15) is 4.79 Å². The fourth-order valence-corrected chi connectivity index (χ4v) is 2.08. The molecule has 3 heteroatoms. The van der Waals surface area contributed by atoms with Crippen LogP contribution in [-0.4, -0.2) is 13.1 Å². The predicted molar refractivity (Wildman–Crippen MR) is 79.1 cm³/mol. The molecule has 104 valence electrons. The zero-order chi connectivity index (χ0) is 14.2. The normalized spacial score (nSPS) is 11.8. The highest BCUT2D eigenvalue weighted by molar-refractivity contribution is 5.70. The topological polar surface area (TPSA) is 38.3 Å². The number of carbonyl (C=O) groups excluding carboxylic acids is 1. The maximum absolute atomic E-state index is 11.5. The van der Waals surface area contributed by atoms with Crippen molar-refractivity contribution in [3.8, 4) is 0 Å². The van der Waals surface area contributed by atoms with Crippen molar-refractivity contribution in [2.24, 2.45) is 0 Å². The minimum absolute atomic E-state index is 0.0381. The van der Waals surface area contributed by atoms with Crippen molar-refractivity contribution < 1.29 is 9.53 Å². The van der Waals surface area contributed by atoms with Crippen LogP contribution in [0.15, 0.2) is 60.7 Å². The fraction of sp³-hybridized carbons (Fsp3) is 0.235. The molecule has 0 aliphatic carbocycles. The summed E-state index contributed by atoms with van der Waals surface area (Å²) in [6.45, 7) is 0.720. The smallest absolute Gasteiger partial charge is 0.307 e. The van der Waals surface area contributed by atoms with E-state index in [0.717, 1.165) is 12.1 Å². The summed E-state index contributed by atoms with van der Waals surface area (Å²) in [6.07, 6.45) is 0.327. The Kier molecular flexibility index (Phi) is 5.33. The molecule has 1 N–H and O–H groups in total. The van der Waals surface area contributed by atoms with E-state index in [1.54, 1.807) is 0 Å². The van der Waals surface area contributed by atoms with Crippen LogP contribution in [0.3, 0.4) is 0 Å². The lowest BCUT2D eigenvalue weighted by Gasteiger charge is -2.18. The first-order valence-electron chi connectivity index (χ1n) is 6.68. The van der Waals surface area contributed by atoms with E-state index in [1.165, 1.54) is 12.7 Å². The second-order valence-corrected chi connectivity index (χ2v) is 4.61. The largest absolute Gasteiger partial charge is 0.469 e. The Labute approximate surface area is 119 Å². The van der Waals surface area contributed by atoms with Gasteiger partial charge in [0.25, 0.3) is 0 Å². The van der Waals surface area contributed by atoms with E-state index < -0.39 is 0 Å². The lowest BCUT2D eigenvalue weighted by Crippen LogP contribution is -2.24. The molecule has 20 heavy (non-hydrogen) atoms. The third-order valence-electron chi connectivity index (χ3n) is 3.20. The van der Waals surface area contributed by atoms with Crippen molar-refractivity contribution in [2.75, 3.05) is 7.11 Å². The Hall–Kier alpha value is -2.13. The van der Waals surface area contributed by atoms with Crippen molar-refractivity contribution in [2.45, 2.75) is 19.0 Å². The first-order valence-corrected chi connectivity index (χ1v) is 6.68. The molecule has 2 aromatic carbocycles. The second kappa shape index (κ2) is 7.46. The van der Waals surface area contributed by atoms with E-state index in [1.807, 2.05) is 48.5 Å². The molecule has 2 aromatic rings. The monoisotopic (exact) mass is 269 g/mol. The number of benzene rings is 2. The molecule has 0 bridgehead atoms. The van der Waals surface area contributed by atoms with Crippen LogP contribution in [0.1, 0.15) is 23.6 Å². The van der Waals surface area contributed by atoms with Gasteiger partial charge >= 0.3 is 5.97 Å². The molecule has 0 heterocycles. The Morgan fingerprint density at radius 1 is 1.05 bits per heavy atom. The highest BCUT2D eigenvalue weighted by atomic mass is 16.5. The number of methoxy groups -OCH3 is 1. The second-order valence-electron chi connectivity index (χ2n) is 4.61. The average molecular weight is 269 g/mol. The maximum Gasteiger partial charge on any atom is 0.307 e. The van der Waals surface area contributed by atoms with E-state index >= 15 is 0 Å². The summed E-state index contributed by atoms with van der Waals surface area (Å²) in [7, 11) is 1.42. The molecule has 0 spiro atoms. The zero-order valence-corrected chi connectivity index (χ0v) is 11.6. The number of hydrogen-bond acceptors (Lipinski definition) is 3. The van der Waals surface area contributed by atoms with Gasteiger partial charge in [0.05, 0.1) is 13.5 Å². The average Bonchev–Trinajstić information content (AvgIpc) is 2.53. The minimum Gasteiger partial charge on any atom is -0.469 e. The molecule has 0 aromatic heterocycles. The summed E-state index contributed by atoms with van der Waals surface area (Å²) in [5.74, 6) is -0.209. The predicted octanol–water partition coefficient (Wildman–Crippen LogP) is 3.08. The van der Waals surface area contributed by atoms with Crippen LogP contribution >= 0.6 is 0 Å². The van der Waals surface area contributed by atoms with Gasteiger partial charge in [0.15, 0.2) is 0 Å². The van der Waals surface area contributed by atoms with Crippen LogP contribution in [0.5, 0.6) is 0 Å². The molecular weight excluding hydrogens is 250 g/mol. The van der Waals surface area contributed by atoms with Crippen LogP contribution < -0.4 is 5.32 Å². The summed E-state index contributed by atoms with van der Waals surface area (Å²) < 4.78 is 4.78. The zero-order valence-electron chi connectivity index (χ0n) is 11.6. The minimum atomic E-state index is -0.209. The SMILES string of the molecule is COC(=O)C[C@@H](NCc1ccccc1)c1ccccc1. The summed E-state index contributed by atoms with van der Waals surface area (Å²) >= 11 is 0. The first kappa shape index (κ1) is 14.3. The molecule has 0 saturated heterocycles. The Morgan fingerprint density at radius 3 is 2.25 bits per heavy atom. The highest BCUT2D eigenvalue weighted by Gasteiger charge is 2.15. The molecule has 3 nitrogen and oxygen atoms in total. The Balaban J connectivity index is 2.05. The van der Waals surface area contributed by atoms with Gasteiger partial charge in [-0.05, 0) is 11.1 Å². The molecule has 0 aliphatic heterocycles. The van der Waals surface area contributed by atoms with Crippen LogP contribution in [-0.2, 0) is 16.1 Å². The standard InChI is InChI=1S/C17H19NO2/c1-20-17(19)12-16(15-10-6-3-7-11-15)18-13-14-8-4-2-5-9-14/h2-11,16,18H,12-13H2,1H3/t16-/m1/s1. The molecule has 0 radical (unpaired) electrons. The van der Waals surface area contributed by atoms with Crippen LogP contribution in [0.2, 0.25) is 0 Å². The number of nitrogens with one attached hydrogen (secondary N) is 1. The lowest BCUT2D eigenvalue weighted by atomic mass is 10.0. The van der Waals surface area contributed by atoms with Gasteiger partial charge in [-0.15, -0.1) is 0 Å².